The molecule has 0 radical (unpaired) electrons. The molecule has 20 heavy (non-hydrogen) atoms. The number of aryl methyl sites for hydroxylation is 1. The quantitative estimate of drug-likeness (QED) is 0.880. The molecule has 1 atom stereocenters. The molecule has 0 saturated carbocycles. The topological polar surface area (TPSA) is 67.4 Å². The van der Waals surface area contributed by atoms with E-state index in [4.69, 9.17) is 4.74 Å². The predicted octanol–water partition coefficient (Wildman–Crippen LogP) is 1.99. The smallest absolute Gasteiger partial charge is 0.249 e. The summed E-state index contributed by atoms with van der Waals surface area (Å²) in [5.41, 5.74) is 1.70. The Morgan fingerprint density at radius 2 is 2.25 bits per heavy atom. The second-order valence-electron chi connectivity index (χ2n) is 4.73. The predicted molar refractivity (Wildman–Crippen MR) is 79.5 cm³/mol. The van der Waals surface area contributed by atoms with Gasteiger partial charge in [0, 0.05) is 16.8 Å². The Bertz CT molecular complexity index is 513. The molecule has 1 fully saturated rings. The summed E-state index contributed by atoms with van der Waals surface area (Å²) in [6.07, 6.45) is 1.21. The Labute approximate surface area is 126 Å². The van der Waals surface area contributed by atoms with Gasteiger partial charge in [-0.1, -0.05) is 15.9 Å². The van der Waals surface area contributed by atoms with E-state index in [1.807, 2.05) is 25.1 Å². The zero-order valence-corrected chi connectivity index (χ0v) is 12.8. The van der Waals surface area contributed by atoms with Gasteiger partial charge in [0.25, 0.3) is 0 Å². The van der Waals surface area contributed by atoms with E-state index >= 15 is 0 Å². The molecular formula is C14H17BrN2O3. The number of benzene rings is 1. The summed E-state index contributed by atoms with van der Waals surface area (Å²) < 4.78 is 6.21. The van der Waals surface area contributed by atoms with Crippen molar-refractivity contribution in [2.24, 2.45) is 0 Å². The van der Waals surface area contributed by atoms with Crippen molar-refractivity contribution in [3.8, 4) is 0 Å². The third kappa shape index (κ3) is 4.05. The summed E-state index contributed by atoms with van der Waals surface area (Å²) in [7, 11) is 0. The number of rotatable bonds is 4. The van der Waals surface area contributed by atoms with Crippen molar-refractivity contribution in [1.82, 2.24) is 5.32 Å². The summed E-state index contributed by atoms with van der Waals surface area (Å²) >= 11 is 3.37. The fourth-order valence-corrected chi connectivity index (χ4v) is 2.50. The number of carbonyl (C=O) groups is 2. The first-order valence-corrected chi connectivity index (χ1v) is 7.31. The zero-order chi connectivity index (χ0) is 14.5. The molecule has 1 heterocycles. The Morgan fingerprint density at radius 1 is 1.45 bits per heavy atom. The summed E-state index contributed by atoms with van der Waals surface area (Å²) in [6, 6.07) is 5.59. The maximum absolute atomic E-state index is 11.8. The molecule has 2 rings (SSSR count). The fraction of sp³-hybridized carbons (Fsp3) is 0.429. The molecule has 0 bridgehead atoms. The highest BCUT2D eigenvalue weighted by Gasteiger charge is 2.23. The molecule has 1 saturated heterocycles. The average Bonchev–Trinajstić information content (AvgIpc) is 2.93. The number of halogens is 1. The minimum Gasteiger partial charge on any atom is -0.368 e. The molecule has 1 aromatic rings. The van der Waals surface area contributed by atoms with Crippen molar-refractivity contribution in [1.29, 1.82) is 0 Å². The number of hydrogen-bond donors (Lipinski definition) is 2. The third-order valence-electron chi connectivity index (χ3n) is 3.11. The van der Waals surface area contributed by atoms with Gasteiger partial charge < -0.3 is 15.4 Å². The van der Waals surface area contributed by atoms with Crippen molar-refractivity contribution in [2.75, 3.05) is 18.5 Å². The van der Waals surface area contributed by atoms with E-state index in [1.165, 1.54) is 0 Å². The molecule has 108 valence electrons. The van der Waals surface area contributed by atoms with Crippen LogP contribution < -0.4 is 10.6 Å². The van der Waals surface area contributed by atoms with Gasteiger partial charge in [-0.05, 0) is 43.5 Å². The van der Waals surface area contributed by atoms with Gasteiger partial charge in [-0.3, -0.25) is 9.59 Å². The molecule has 1 aliphatic heterocycles. The van der Waals surface area contributed by atoms with Crippen LogP contribution in [0.2, 0.25) is 0 Å². The molecular weight excluding hydrogens is 324 g/mol. The molecule has 2 amide bonds. The van der Waals surface area contributed by atoms with Crippen LogP contribution >= 0.6 is 15.9 Å². The standard InChI is InChI=1S/C14H17BrN2O3/c1-9-7-10(15)4-5-11(9)17-13(18)8-16-14(19)12-3-2-6-20-12/h4-5,7,12H,2-3,6,8H2,1H3,(H,16,19)(H,17,18)/t12-/m1/s1. The van der Waals surface area contributed by atoms with Crippen LogP contribution in [-0.4, -0.2) is 31.1 Å². The van der Waals surface area contributed by atoms with E-state index < -0.39 is 6.10 Å². The van der Waals surface area contributed by atoms with E-state index in [0.29, 0.717) is 6.61 Å². The maximum atomic E-state index is 11.8. The van der Waals surface area contributed by atoms with Crippen molar-refractivity contribution in [3.05, 3.63) is 28.2 Å². The fourth-order valence-electron chi connectivity index (χ4n) is 2.03. The van der Waals surface area contributed by atoms with Gasteiger partial charge in [-0.2, -0.15) is 0 Å². The van der Waals surface area contributed by atoms with E-state index in [2.05, 4.69) is 26.6 Å². The van der Waals surface area contributed by atoms with Crippen LogP contribution in [0.5, 0.6) is 0 Å². The largest absolute Gasteiger partial charge is 0.368 e. The first kappa shape index (κ1) is 15.0. The zero-order valence-electron chi connectivity index (χ0n) is 11.2. The van der Waals surface area contributed by atoms with Gasteiger partial charge in [-0.25, -0.2) is 0 Å². The molecule has 6 heteroatoms. The lowest BCUT2D eigenvalue weighted by atomic mass is 10.2. The van der Waals surface area contributed by atoms with Crippen LogP contribution in [0.3, 0.4) is 0 Å². The van der Waals surface area contributed by atoms with E-state index in [-0.39, 0.29) is 18.4 Å². The normalized spacial score (nSPS) is 17.8. The summed E-state index contributed by atoms with van der Waals surface area (Å²) in [5.74, 6) is -0.466. The number of amides is 2. The Hall–Kier alpha value is -1.40. The van der Waals surface area contributed by atoms with Crippen LogP contribution in [0.15, 0.2) is 22.7 Å². The highest BCUT2D eigenvalue weighted by Crippen LogP contribution is 2.19. The van der Waals surface area contributed by atoms with Crippen LogP contribution in [0, 0.1) is 6.92 Å². The Balaban J connectivity index is 1.81. The van der Waals surface area contributed by atoms with Gasteiger partial charge >= 0.3 is 0 Å². The van der Waals surface area contributed by atoms with Crippen molar-refractivity contribution in [2.45, 2.75) is 25.9 Å². The summed E-state index contributed by atoms with van der Waals surface area (Å²) in [4.78, 5) is 23.5. The number of ether oxygens (including phenoxy) is 1. The maximum Gasteiger partial charge on any atom is 0.249 e. The van der Waals surface area contributed by atoms with Gasteiger partial charge in [0.2, 0.25) is 11.8 Å². The molecule has 0 aromatic heterocycles. The van der Waals surface area contributed by atoms with Crippen LogP contribution in [0.1, 0.15) is 18.4 Å². The van der Waals surface area contributed by atoms with Crippen molar-refractivity contribution in [3.63, 3.8) is 0 Å². The molecule has 5 nitrogen and oxygen atoms in total. The van der Waals surface area contributed by atoms with Gasteiger partial charge in [0.15, 0.2) is 0 Å². The average molecular weight is 341 g/mol. The minimum atomic E-state index is -0.405. The monoisotopic (exact) mass is 340 g/mol. The van der Waals surface area contributed by atoms with E-state index in [1.54, 1.807) is 0 Å². The number of hydrogen-bond acceptors (Lipinski definition) is 3. The lowest BCUT2D eigenvalue weighted by molar-refractivity contribution is -0.131. The number of carbonyl (C=O) groups excluding carboxylic acids is 2. The van der Waals surface area contributed by atoms with Gasteiger partial charge in [-0.15, -0.1) is 0 Å². The lowest BCUT2D eigenvalue weighted by Crippen LogP contribution is -2.39. The SMILES string of the molecule is Cc1cc(Br)ccc1NC(=O)CNC(=O)[C@H]1CCCO1. The minimum absolute atomic E-state index is 0.0474. The van der Waals surface area contributed by atoms with Crippen LogP contribution in [0.25, 0.3) is 0 Å². The molecule has 0 spiro atoms. The highest BCUT2D eigenvalue weighted by molar-refractivity contribution is 9.10. The first-order chi connectivity index (χ1) is 9.56. The molecule has 0 aliphatic carbocycles. The number of anilines is 1. The Morgan fingerprint density at radius 3 is 2.90 bits per heavy atom. The first-order valence-electron chi connectivity index (χ1n) is 6.51. The second kappa shape index (κ2) is 6.85. The Kier molecular flexibility index (Phi) is 5.14. The van der Waals surface area contributed by atoms with Gasteiger partial charge in [0.05, 0.1) is 6.54 Å². The summed E-state index contributed by atoms with van der Waals surface area (Å²) in [5, 5.41) is 5.36. The van der Waals surface area contributed by atoms with Gasteiger partial charge in [0.1, 0.15) is 6.10 Å². The van der Waals surface area contributed by atoms with Crippen molar-refractivity contribution < 1.29 is 14.3 Å². The highest BCUT2D eigenvalue weighted by atomic mass is 79.9. The summed E-state index contributed by atoms with van der Waals surface area (Å²) in [6.45, 7) is 2.47. The number of nitrogens with one attached hydrogen (secondary N) is 2. The van der Waals surface area contributed by atoms with Crippen molar-refractivity contribution >= 4 is 33.4 Å². The molecule has 1 aliphatic rings. The molecule has 1 aromatic carbocycles. The van der Waals surface area contributed by atoms with E-state index in [9.17, 15) is 9.59 Å². The molecule has 2 N–H and O–H groups in total. The van der Waals surface area contributed by atoms with Crippen LogP contribution in [0.4, 0.5) is 5.69 Å². The second-order valence-corrected chi connectivity index (χ2v) is 5.64. The van der Waals surface area contributed by atoms with Crippen LogP contribution in [-0.2, 0) is 14.3 Å². The van der Waals surface area contributed by atoms with E-state index in [0.717, 1.165) is 28.6 Å². The molecule has 0 unspecified atom stereocenters. The lowest BCUT2D eigenvalue weighted by Gasteiger charge is -2.11. The third-order valence-corrected chi connectivity index (χ3v) is 3.60.